The summed E-state index contributed by atoms with van der Waals surface area (Å²) in [5.41, 5.74) is 0.641. The van der Waals surface area contributed by atoms with Crippen molar-refractivity contribution in [3.63, 3.8) is 0 Å². The number of fused-ring (bicyclic) bond motifs is 1. The number of rotatable bonds is 8. The third-order valence-electron chi connectivity index (χ3n) is 5.80. The van der Waals surface area contributed by atoms with E-state index < -0.39 is 5.60 Å². The fourth-order valence-corrected chi connectivity index (χ4v) is 3.88. The van der Waals surface area contributed by atoms with Crippen LogP contribution in [-0.4, -0.2) is 62.0 Å². The Morgan fingerprint density at radius 1 is 1.47 bits per heavy atom. The Bertz CT molecular complexity index is 955. The average Bonchev–Trinajstić information content (AvgIpc) is 3.15. The molecule has 1 fully saturated rings. The van der Waals surface area contributed by atoms with E-state index in [2.05, 4.69) is 26.2 Å². The lowest BCUT2D eigenvalue weighted by Crippen LogP contribution is -2.51. The number of hydrogen-bond acceptors (Lipinski definition) is 5. The van der Waals surface area contributed by atoms with Crippen molar-refractivity contribution in [2.45, 2.75) is 51.2 Å². The van der Waals surface area contributed by atoms with Crippen molar-refractivity contribution in [1.82, 2.24) is 25.2 Å². The molecular formula is C22H29N5O3. The molecule has 8 nitrogen and oxygen atoms in total. The van der Waals surface area contributed by atoms with E-state index in [0.717, 1.165) is 0 Å². The molecule has 1 aliphatic rings. The number of hydrogen-bond donors (Lipinski definition) is 3. The maximum absolute atomic E-state index is 12.7. The van der Waals surface area contributed by atoms with Crippen LogP contribution in [0.4, 0.5) is 0 Å². The second kappa shape index (κ2) is 8.84. The highest BCUT2D eigenvalue weighted by molar-refractivity contribution is 5.93. The number of nitrogens with zero attached hydrogens (tertiary/aromatic N) is 3. The molecular weight excluding hydrogens is 382 g/mol. The van der Waals surface area contributed by atoms with Crippen molar-refractivity contribution in [1.29, 1.82) is 0 Å². The zero-order valence-corrected chi connectivity index (χ0v) is 17.7. The van der Waals surface area contributed by atoms with E-state index in [1.165, 1.54) is 6.20 Å². The molecule has 2 aromatic rings. The number of amides is 2. The van der Waals surface area contributed by atoms with Gasteiger partial charge in [0.25, 0.3) is 5.91 Å². The molecule has 8 heteroatoms. The summed E-state index contributed by atoms with van der Waals surface area (Å²) >= 11 is 0. The number of aromatic nitrogens is 3. The van der Waals surface area contributed by atoms with Gasteiger partial charge in [0.15, 0.2) is 5.65 Å². The number of carbonyl (C=O) groups is 2. The summed E-state index contributed by atoms with van der Waals surface area (Å²) in [5.74, 6) is 2.19. The van der Waals surface area contributed by atoms with Gasteiger partial charge in [0.05, 0.1) is 11.8 Å². The zero-order chi connectivity index (χ0) is 21.9. The highest BCUT2D eigenvalue weighted by Gasteiger charge is 2.46. The fraction of sp³-hybridized carbons (Fsp3) is 0.545. The molecule has 0 radical (unpaired) electrons. The Morgan fingerprint density at radius 2 is 2.20 bits per heavy atom. The number of aromatic amines is 1. The molecule has 0 spiro atoms. The van der Waals surface area contributed by atoms with Crippen molar-refractivity contribution >= 4 is 23.0 Å². The van der Waals surface area contributed by atoms with Gasteiger partial charge in [-0.1, -0.05) is 13.8 Å². The van der Waals surface area contributed by atoms with Crippen LogP contribution < -0.4 is 5.32 Å². The van der Waals surface area contributed by atoms with Crippen LogP contribution in [0, 0.1) is 24.2 Å². The first-order valence-electron chi connectivity index (χ1n) is 10.2. The third-order valence-corrected chi connectivity index (χ3v) is 5.80. The zero-order valence-electron chi connectivity index (χ0n) is 17.7. The standard InChI is InChI=1S/C22H29N5O3/c1-5-8-22(30)11-15(12-22)21(29)27(4)10-7-16(14(2)3)26-20(28)18-13-24-19-17(25-18)6-9-23-19/h1,6,9,13-16,30H,7-8,10-12H2,2-4H3,(H,23,24)(H,26,28). The number of aliphatic hydroxyl groups is 1. The van der Waals surface area contributed by atoms with Gasteiger partial charge in [-0.25, -0.2) is 9.97 Å². The Balaban J connectivity index is 1.53. The first-order valence-corrected chi connectivity index (χ1v) is 10.2. The third kappa shape index (κ3) is 4.79. The van der Waals surface area contributed by atoms with Crippen LogP contribution in [0.5, 0.6) is 0 Å². The molecule has 0 aromatic carbocycles. The molecule has 0 aliphatic heterocycles. The molecule has 0 saturated heterocycles. The van der Waals surface area contributed by atoms with Crippen LogP contribution >= 0.6 is 0 Å². The van der Waals surface area contributed by atoms with Crippen LogP contribution in [0.1, 0.15) is 50.0 Å². The summed E-state index contributed by atoms with van der Waals surface area (Å²) < 4.78 is 0. The van der Waals surface area contributed by atoms with Gasteiger partial charge in [0.1, 0.15) is 11.2 Å². The summed E-state index contributed by atoms with van der Waals surface area (Å²) in [4.78, 5) is 38.4. The van der Waals surface area contributed by atoms with Gasteiger partial charge in [0, 0.05) is 38.2 Å². The quantitative estimate of drug-likeness (QED) is 0.573. The van der Waals surface area contributed by atoms with Crippen LogP contribution in [0.25, 0.3) is 11.2 Å². The van der Waals surface area contributed by atoms with E-state index in [0.29, 0.717) is 37.0 Å². The first-order chi connectivity index (χ1) is 14.2. The lowest BCUT2D eigenvalue weighted by Gasteiger charge is -2.43. The predicted octanol–water partition coefficient (Wildman–Crippen LogP) is 1.73. The molecule has 2 amide bonds. The van der Waals surface area contributed by atoms with Gasteiger partial charge in [0.2, 0.25) is 5.91 Å². The van der Waals surface area contributed by atoms with Crippen LogP contribution in [-0.2, 0) is 4.79 Å². The normalized spacial score (nSPS) is 21.7. The van der Waals surface area contributed by atoms with Crippen LogP contribution in [0.15, 0.2) is 18.5 Å². The number of carbonyl (C=O) groups excluding carboxylic acids is 2. The van der Waals surface area contributed by atoms with Crippen LogP contribution in [0.2, 0.25) is 0 Å². The second-order valence-corrected chi connectivity index (χ2v) is 8.55. The average molecular weight is 412 g/mol. The van der Waals surface area contributed by atoms with Crippen LogP contribution in [0.3, 0.4) is 0 Å². The molecule has 3 N–H and O–H groups in total. The lowest BCUT2D eigenvalue weighted by atomic mass is 9.69. The molecule has 1 aliphatic carbocycles. The Labute approximate surface area is 176 Å². The van der Waals surface area contributed by atoms with Gasteiger partial charge in [-0.05, 0) is 31.2 Å². The Kier molecular flexibility index (Phi) is 6.42. The SMILES string of the molecule is C#CCC1(O)CC(C(=O)N(C)CCC(NC(=O)c2cnc3[nH]ccc3n2)C(C)C)C1. The van der Waals surface area contributed by atoms with E-state index in [4.69, 9.17) is 6.42 Å². The summed E-state index contributed by atoms with van der Waals surface area (Å²) in [5, 5.41) is 13.2. The van der Waals surface area contributed by atoms with Gasteiger partial charge >= 0.3 is 0 Å². The largest absolute Gasteiger partial charge is 0.389 e. The molecule has 2 aromatic heterocycles. The highest BCUT2D eigenvalue weighted by Crippen LogP contribution is 2.40. The van der Waals surface area contributed by atoms with E-state index in [9.17, 15) is 14.7 Å². The van der Waals surface area contributed by atoms with Gasteiger partial charge in [-0.3, -0.25) is 9.59 Å². The molecule has 2 heterocycles. The summed E-state index contributed by atoms with van der Waals surface area (Å²) in [6, 6.07) is 1.65. The second-order valence-electron chi connectivity index (χ2n) is 8.55. The van der Waals surface area contributed by atoms with Crippen molar-refractivity contribution in [2.24, 2.45) is 11.8 Å². The monoisotopic (exact) mass is 411 g/mol. The smallest absolute Gasteiger partial charge is 0.271 e. The van der Waals surface area contributed by atoms with E-state index in [1.807, 2.05) is 13.8 Å². The molecule has 30 heavy (non-hydrogen) atoms. The minimum absolute atomic E-state index is 0.00862. The molecule has 1 saturated carbocycles. The predicted molar refractivity (Wildman–Crippen MR) is 113 cm³/mol. The van der Waals surface area contributed by atoms with Gasteiger partial charge < -0.3 is 20.3 Å². The maximum atomic E-state index is 12.7. The van der Waals surface area contributed by atoms with Crippen molar-refractivity contribution in [3.8, 4) is 12.3 Å². The summed E-state index contributed by atoms with van der Waals surface area (Å²) in [7, 11) is 1.76. The topological polar surface area (TPSA) is 111 Å². The highest BCUT2D eigenvalue weighted by atomic mass is 16.3. The van der Waals surface area contributed by atoms with E-state index in [1.54, 1.807) is 24.2 Å². The van der Waals surface area contributed by atoms with E-state index in [-0.39, 0.29) is 41.8 Å². The molecule has 3 rings (SSSR count). The number of H-pyrrole nitrogens is 1. The maximum Gasteiger partial charge on any atom is 0.271 e. The lowest BCUT2D eigenvalue weighted by molar-refractivity contribution is -0.149. The van der Waals surface area contributed by atoms with Crippen molar-refractivity contribution in [3.05, 3.63) is 24.2 Å². The molecule has 1 atom stereocenters. The minimum Gasteiger partial charge on any atom is -0.389 e. The number of nitrogens with one attached hydrogen (secondary N) is 2. The summed E-state index contributed by atoms with van der Waals surface area (Å²) in [6.45, 7) is 4.56. The van der Waals surface area contributed by atoms with E-state index >= 15 is 0 Å². The number of terminal acetylenes is 1. The Morgan fingerprint density at radius 3 is 2.87 bits per heavy atom. The van der Waals surface area contributed by atoms with Crippen molar-refractivity contribution < 1.29 is 14.7 Å². The summed E-state index contributed by atoms with van der Waals surface area (Å²) in [6.07, 6.45) is 10.2. The fourth-order valence-electron chi connectivity index (χ4n) is 3.88. The first kappa shape index (κ1) is 21.8. The van der Waals surface area contributed by atoms with Gasteiger partial charge in [-0.15, -0.1) is 12.3 Å². The van der Waals surface area contributed by atoms with Crippen molar-refractivity contribution in [2.75, 3.05) is 13.6 Å². The van der Waals surface area contributed by atoms with Gasteiger partial charge in [-0.2, -0.15) is 0 Å². The molecule has 0 bridgehead atoms. The molecule has 1 unspecified atom stereocenters. The minimum atomic E-state index is -0.897. The Hall–Kier alpha value is -2.92. The molecule has 160 valence electrons.